The van der Waals surface area contributed by atoms with Crippen LogP contribution in [0.15, 0.2) is 63.1 Å². The van der Waals surface area contributed by atoms with E-state index < -0.39 is 26.8 Å². The van der Waals surface area contributed by atoms with Gasteiger partial charge in [0, 0.05) is 55.0 Å². The fraction of sp³-hybridized carbons (Fsp3) is 0.391. The van der Waals surface area contributed by atoms with Gasteiger partial charge in [-0.25, -0.2) is 17.9 Å². The average Bonchev–Trinajstić information content (AvgIpc) is 2.73. The Labute approximate surface area is 193 Å². The molecule has 1 aromatic heterocycles. The zero-order valence-electron chi connectivity index (χ0n) is 19.3. The van der Waals surface area contributed by atoms with E-state index >= 15 is 0 Å². The van der Waals surface area contributed by atoms with E-state index in [0.29, 0.717) is 24.8 Å². The summed E-state index contributed by atoms with van der Waals surface area (Å²) in [4.78, 5) is 27.1. The molecule has 9 nitrogen and oxygen atoms in total. The second kappa shape index (κ2) is 9.90. The molecule has 0 radical (unpaired) electrons. The van der Waals surface area contributed by atoms with E-state index in [9.17, 15) is 18.0 Å². The first kappa shape index (κ1) is 24.7. The Hall–Kier alpha value is -2.95. The maximum Gasteiger partial charge on any atom is 0.330 e. The van der Waals surface area contributed by atoms with Gasteiger partial charge in [-0.15, -0.1) is 0 Å². The van der Waals surface area contributed by atoms with Crippen LogP contribution in [-0.4, -0.2) is 44.2 Å². The van der Waals surface area contributed by atoms with Crippen molar-refractivity contribution in [3.05, 3.63) is 69.5 Å². The zero-order chi connectivity index (χ0) is 24.2. The van der Waals surface area contributed by atoms with Crippen molar-refractivity contribution in [3.8, 4) is 0 Å². The summed E-state index contributed by atoms with van der Waals surface area (Å²) in [6.07, 6.45) is 2.47. The molecule has 3 aromatic rings. The summed E-state index contributed by atoms with van der Waals surface area (Å²) in [6, 6.07) is 12.2. The van der Waals surface area contributed by atoms with Crippen molar-refractivity contribution in [3.63, 3.8) is 0 Å². The topological polar surface area (TPSA) is 114 Å². The van der Waals surface area contributed by atoms with Crippen molar-refractivity contribution < 1.29 is 13.2 Å². The summed E-state index contributed by atoms with van der Waals surface area (Å²) < 4.78 is 36.1. The van der Waals surface area contributed by atoms with Gasteiger partial charge < -0.3 is 9.64 Å². The summed E-state index contributed by atoms with van der Waals surface area (Å²) >= 11 is 0. The molecule has 0 saturated carbocycles. The van der Waals surface area contributed by atoms with Crippen LogP contribution < -0.4 is 20.9 Å². The molecular weight excluding hydrogens is 444 g/mol. The summed E-state index contributed by atoms with van der Waals surface area (Å²) in [5, 5.41) is 1.54. The van der Waals surface area contributed by atoms with E-state index in [1.54, 1.807) is 12.1 Å². The molecule has 3 rings (SSSR count). The first-order valence-electron chi connectivity index (χ1n) is 10.6. The highest BCUT2D eigenvalue weighted by atomic mass is 32.2. The van der Waals surface area contributed by atoms with Gasteiger partial charge in [0.15, 0.2) is 0 Å². The van der Waals surface area contributed by atoms with Crippen LogP contribution in [0, 0.1) is 0 Å². The standard InChI is InChI=1S/C23H30N4O5S/c1-23(2,13-7-15-32-16-27-14-12-21(28)24-22(27)29)25-33(30,31)20-11-6-8-17-18(20)9-5-10-19(17)26(3)4/h5-6,8-12,14,25H,7,13,15-16H2,1-4H3,(H,24,28,29). The molecule has 0 aliphatic carbocycles. The van der Waals surface area contributed by atoms with Crippen LogP contribution in [0.2, 0.25) is 0 Å². The molecule has 0 unspecified atom stereocenters. The van der Waals surface area contributed by atoms with Crippen molar-refractivity contribution in [2.24, 2.45) is 0 Å². The van der Waals surface area contributed by atoms with Crippen LogP contribution in [0.4, 0.5) is 5.69 Å². The fourth-order valence-corrected chi connectivity index (χ4v) is 5.35. The second-order valence-corrected chi connectivity index (χ2v) is 10.4. The van der Waals surface area contributed by atoms with Gasteiger partial charge in [-0.2, -0.15) is 0 Å². The Bertz CT molecular complexity index is 1340. The van der Waals surface area contributed by atoms with Crippen LogP contribution in [-0.2, 0) is 21.5 Å². The molecule has 1 heterocycles. The van der Waals surface area contributed by atoms with E-state index in [1.807, 2.05) is 57.1 Å². The number of rotatable bonds is 10. The van der Waals surface area contributed by atoms with E-state index in [2.05, 4.69) is 9.71 Å². The number of nitrogens with one attached hydrogen (secondary N) is 2. The summed E-state index contributed by atoms with van der Waals surface area (Å²) in [6.45, 7) is 3.99. The molecule has 0 atom stereocenters. The second-order valence-electron chi connectivity index (χ2n) is 8.73. The number of aromatic nitrogens is 2. The highest BCUT2D eigenvalue weighted by molar-refractivity contribution is 7.89. The van der Waals surface area contributed by atoms with Gasteiger partial charge in [-0.3, -0.25) is 14.3 Å². The quantitative estimate of drug-likeness (QED) is 0.436. The third kappa shape index (κ3) is 6.10. The lowest BCUT2D eigenvalue weighted by Gasteiger charge is -2.26. The van der Waals surface area contributed by atoms with Crippen molar-refractivity contribution in [2.45, 2.75) is 43.9 Å². The maximum absolute atomic E-state index is 13.3. The maximum atomic E-state index is 13.3. The van der Waals surface area contributed by atoms with Gasteiger partial charge in [-0.1, -0.05) is 24.3 Å². The Balaban J connectivity index is 1.65. The Morgan fingerprint density at radius 3 is 2.45 bits per heavy atom. The van der Waals surface area contributed by atoms with Crippen LogP contribution in [0.5, 0.6) is 0 Å². The Morgan fingerprint density at radius 1 is 1.06 bits per heavy atom. The number of sulfonamides is 1. The van der Waals surface area contributed by atoms with Crippen LogP contribution in [0.25, 0.3) is 10.8 Å². The van der Waals surface area contributed by atoms with Crippen molar-refractivity contribution in [1.29, 1.82) is 0 Å². The van der Waals surface area contributed by atoms with Crippen LogP contribution >= 0.6 is 0 Å². The van der Waals surface area contributed by atoms with Crippen molar-refractivity contribution in [1.82, 2.24) is 14.3 Å². The minimum atomic E-state index is -3.77. The molecule has 0 spiro atoms. The van der Waals surface area contributed by atoms with Gasteiger partial charge in [0.2, 0.25) is 10.0 Å². The zero-order valence-corrected chi connectivity index (χ0v) is 20.1. The summed E-state index contributed by atoms with van der Waals surface area (Å²) in [7, 11) is 0.0761. The van der Waals surface area contributed by atoms with E-state index in [4.69, 9.17) is 4.74 Å². The first-order valence-corrected chi connectivity index (χ1v) is 12.1. The smallest absolute Gasteiger partial charge is 0.330 e. The Kier molecular flexibility index (Phi) is 7.41. The van der Waals surface area contributed by atoms with E-state index in [-0.39, 0.29) is 11.6 Å². The Morgan fingerprint density at radius 2 is 1.76 bits per heavy atom. The van der Waals surface area contributed by atoms with Crippen molar-refractivity contribution in [2.75, 3.05) is 25.6 Å². The van der Waals surface area contributed by atoms with Crippen LogP contribution in [0.1, 0.15) is 26.7 Å². The fourth-order valence-electron chi connectivity index (χ4n) is 3.68. The number of fused-ring (bicyclic) bond motifs is 1. The monoisotopic (exact) mass is 474 g/mol. The predicted octanol–water partition coefficient (Wildman–Crippen LogP) is 2.27. The number of anilines is 1. The predicted molar refractivity (Wildman–Crippen MR) is 129 cm³/mol. The van der Waals surface area contributed by atoms with Crippen LogP contribution in [0.3, 0.4) is 0 Å². The molecule has 33 heavy (non-hydrogen) atoms. The molecule has 178 valence electrons. The molecule has 0 amide bonds. The molecule has 0 aliphatic rings. The number of aromatic amines is 1. The SMILES string of the molecule is CN(C)c1cccc2c(S(=O)(=O)NC(C)(C)CCCOCn3ccc(=O)[nH]c3=O)cccc12. The van der Waals surface area contributed by atoms with E-state index in [0.717, 1.165) is 11.1 Å². The number of ether oxygens (including phenoxy) is 1. The number of nitrogens with zero attached hydrogens (tertiary/aromatic N) is 2. The molecule has 0 fully saturated rings. The minimum absolute atomic E-state index is 0.00593. The van der Waals surface area contributed by atoms with Gasteiger partial charge in [0.05, 0.1) is 4.90 Å². The first-order chi connectivity index (χ1) is 15.5. The highest BCUT2D eigenvalue weighted by Gasteiger charge is 2.27. The molecule has 0 saturated heterocycles. The van der Waals surface area contributed by atoms with Gasteiger partial charge in [0.25, 0.3) is 5.56 Å². The molecule has 2 N–H and O–H groups in total. The van der Waals surface area contributed by atoms with Crippen molar-refractivity contribution >= 4 is 26.5 Å². The van der Waals surface area contributed by atoms with Gasteiger partial charge >= 0.3 is 5.69 Å². The lowest BCUT2D eigenvalue weighted by Crippen LogP contribution is -2.43. The third-order valence-electron chi connectivity index (χ3n) is 5.26. The normalized spacial score (nSPS) is 12.2. The summed E-state index contributed by atoms with van der Waals surface area (Å²) in [5.41, 5.74) is -0.765. The number of benzene rings is 2. The summed E-state index contributed by atoms with van der Waals surface area (Å²) in [5.74, 6) is 0. The minimum Gasteiger partial charge on any atom is -0.377 e. The molecule has 2 aromatic carbocycles. The third-order valence-corrected chi connectivity index (χ3v) is 7.02. The highest BCUT2D eigenvalue weighted by Crippen LogP contribution is 2.30. The lowest BCUT2D eigenvalue weighted by molar-refractivity contribution is 0.0680. The largest absolute Gasteiger partial charge is 0.377 e. The van der Waals surface area contributed by atoms with Gasteiger partial charge in [-0.05, 0) is 38.8 Å². The molecule has 10 heteroatoms. The number of hydrogen-bond acceptors (Lipinski definition) is 6. The molecule has 0 bridgehead atoms. The number of H-pyrrole nitrogens is 1. The lowest BCUT2D eigenvalue weighted by atomic mass is 10.0. The number of hydrogen-bond donors (Lipinski definition) is 2. The van der Waals surface area contributed by atoms with E-state index in [1.165, 1.54) is 16.8 Å². The van der Waals surface area contributed by atoms with Gasteiger partial charge in [0.1, 0.15) is 6.73 Å². The average molecular weight is 475 g/mol. The molecule has 0 aliphatic heterocycles. The molecular formula is C23H30N4O5S.